The van der Waals surface area contributed by atoms with Crippen LogP contribution >= 0.6 is 22.6 Å². The van der Waals surface area contributed by atoms with Crippen molar-refractivity contribution in [3.05, 3.63) is 35.4 Å². The summed E-state index contributed by atoms with van der Waals surface area (Å²) in [5.41, 5.74) is 2.56. The van der Waals surface area contributed by atoms with E-state index in [0.717, 1.165) is 0 Å². The molecule has 1 aromatic rings. The third kappa shape index (κ3) is 2.87. The lowest BCUT2D eigenvalue weighted by Crippen LogP contribution is -2.23. The lowest BCUT2D eigenvalue weighted by atomic mass is 9.89. The molecule has 1 aliphatic heterocycles. The molecule has 2 rings (SSSR count). The first-order chi connectivity index (χ1) is 8.49. The molecule has 1 fully saturated rings. The predicted octanol–water partition coefficient (Wildman–Crippen LogP) is 4.03. The molecule has 0 N–H and O–H groups in total. The van der Waals surface area contributed by atoms with Crippen molar-refractivity contribution >= 4 is 28.6 Å². The van der Waals surface area contributed by atoms with Crippen LogP contribution in [0.5, 0.6) is 0 Å². The van der Waals surface area contributed by atoms with Gasteiger partial charge < -0.3 is 4.74 Å². The van der Waals surface area contributed by atoms with Gasteiger partial charge in [0.15, 0.2) is 0 Å². The topological polar surface area (TPSA) is 26.3 Å². The first-order valence-electron chi connectivity index (χ1n) is 6.42. The van der Waals surface area contributed by atoms with Crippen LogP contribution in [0.3, 0.4) is 0 Å². The first-order valence-corrected chi connectivity index (χ1v) is 7.67. The molecule has 2 nitrogen and oxygen atoms in total. The summed E-state index contributed by atoms with van der Waals surface area (Å²) in [7, 11) is 0. The fourth-order valence-electron chi connectivity index (χ4n) is 2.43. The lowest BCUT2D eigenvalue weighted by molar-refractivity contribution is -0.141. The molecule has 1 aliphatic rings. The van der Waals surface area contributed by atoms with Gasteiger partial charge in [-0.2, -0.15) is 0 Å². The SMILES string of the molecule is CC(C)c1ccc([C@@H]2CC(=O)O[C@@H]2C(C)I)cc1. The molecule has 0 saturated carbocycles. The molecule has 0 aromatic heterocycles. The van der Waals surface area contributed by atoms with Gasteiger partial charge in [0.25, 0.3) is 0 Å². The number of esters is 1. The molecule has 3 atom stereocenters. The van der Waals surface area contributed by atoms with Gasteiger partial charge in [0.05, 0.1) is 6.42 Å². The molecule has 3 heteroatoms. The van der Waals surface area contributed by atoms with E-state index in [4.69, 9.17) is 4.74 Å². The maximum atomic E-state index is 11.5. The van der Waals surface area contributed by atoms with Crippen LogP contribution in [0.25, 0.3) is 0 Å². The van der Waals surface area contributed by atoms with Crippen molar-refractivity contribution in [1.29, 1.82) is 0 Å². The van der Waals surface area contributed by atoms with E-state index in [1.807, 2.05) is 0 Å². The summed E-state index contributed by atoms with van der Waals surface area (Å²) in [4.78, 5) is 11.5. The number of rotatable bonds is 3. The molecule has 0 bridgehead atoms. The summed E-state index contributed by atoms with van der Waals surface area (Å²) in [5.74, 6) is 0.687. The number of carbonyl (C=O) groups excluding carboxylic acids is 1. The van der Waals surface area contributed by atoms with E-state index in [1.54, 1.807) is 0 Å². The Morgan fingerprint density at radius 3 is 2.33 bits per heavy atom. The Morgan fingerprint density at radius 1 is 1.22 bits per heavy atom. The van der Waals surface area contributed by atoms with Gasteiger partial charge in [-0.3, -0.25) is 4.79 Å². The maximum absolute atomic E-state index is 11.5. The number of hydrogen-bond acceptors (Lipinski definition) is 2. The van der Waals surface area contributed by atoms with Crippen LogP contribution in [0, 0.1) is 0 Å². The molecule has 0 radical (unpaired) electrons. The van der Waals surface area contributed by atoms with Crippen LogP contribution in [0.1, 0.15) is 50.2 Å². The van der Waals surface area contributed by atoms with Crippen molar-refractivity contribution in [2.75, 3.05) is 0 Å². The highest BCUT2D eigenvalue weighted by atomic mass is 127. The van der Waals surface area contributed by atoms with E-state index in [-0.39, 0.29) is 18.0 Å². The van der Waals surface area contributed by atoms with E-state index in [0.29, 0.717) is 16.3 Å². The minimum Gasteiger partial charge on any atom is -0.461 e. The van der Waals surface area contributed by atoms with Gasteiger partial charge in [0.1, 0.15) is 6.10 Å². The summed E-state index contributed by atoms with van der Waals surface area (Å²) >= 11 is 2.34. The van der Waals surface area contributed by atoms with Crippen LogP contribution < -0.4 is 0 Å². The maximum Gasteiger partial charge on any atom is 0.306 e. The summed E-state index contributed by atoms with van der Waals surface area (Å²) in [6, 6.07) is 8.62. The molecule has 0 amide bonds. The van der Waals surface area contributed by atoms with Gasteiger partial charge >= 0.3 is 5.97 Å². The van der Waals surface area contributed by atoms with Crippen molar-refractivity contribution in [3.63, 3.8) is 0 Å². The van der Waals surface area contributed by atoms with E-state index in [9.17, 15) is 4.79 Å². The van der Waals surface area contributed by atoms with Crippen molar-refractivity contribution < 1.29 is 9.53 Å². The summed E-state index contributed by atoms with van der Waals surface area (Å²) in [6.45, 7) is 6.47. The minimum atomic E-state index is -0.0681. The fraction of sp³-hybridized carbons (Fsp3) is 0.533. The second-order valence-corrected chi connectivity index (χ2v) is 7.23. The normalized spacial score (nSPS) is 25.3. The molecule has 1 heterocycles. The molecule has 0 spiro atoms. The molecule has 1 unspecified atom stereocenters. The number of alkyl halides is 1. The molecular weight excluding hydrogens is 339 g/mol. The zero-order valence-corrected chi connectivity index (χ0v) is 13.2. The summed E-state index contributed by atoms with van der Waals surface area (Å²) < 4.78 is 5.76. The zero-order valence-electron chi connectivity index (χ0n) is 11.0. The number of carbonyl (C=O) groups is 1. The Hall–Kier alpha value is -0.580. The highest BCUT2D eigenvalue weighted by Gasteiger charge is 2.38. The second-order valence-electron chi connectivity index (χ2n) is 5.26. The zero-order chi connectivity index (χ0) is 13.3. The van der Waals surface area contributed by atoms with E-state index in [2.05, 4.69) is 67.6 Å². The van der Waals surface area contributed by atoms with Crippen molar-refractivity contribution in [1.82, 2.24) is 0 Å². The average molecular weight is 358 g/mol. The third-order valence-corrected chi connectivity index (χ3v) is 4.24. The van der Waals surface area contributed by atoms with Crippen molar-refractivity contribution in [2.45, 2.75) is 49.1 Å². The molecule has 0 aliphatic carbocycles. The van der Waals surface area contributed by atoms with E-state index < -0.39 is 0 Å². The predicted molar refractivity (Wildman–Crippen MR) is 81.3 cm³/mol. The van der Waals surface area contributed by atoms with Gasteiger partial charge in [-0.1, -0.05) is 60.7 Å². The number of cyclic esters (lactones) is 1. The van der Waals surface area contributed by atoms with Crippen LogP contribution in [-0.2, 0) is 9.53 Å². The van der Waals surface area contributed by atoms with Crippen molar-refractivity contribution in [2.24, 2.45) is 0 Å². The van der Waals surface area contributed by atoms with E-state index in [1.165, 1.54) is 11.1 Å². The van der Waals surface area contributed by atoms with Gasteiger partial charge in [-0.15, -0.1) is 0 Å². The summed E-state index contributed by atoms with van der Waals surface area (Å²) in [6.07, 6.45) is 0.530. The Balaban J connectivity index is 2.22. The number of ether oxygens (including phenoxy) is 1. The van der Waals surface area contributed by atoms with Crippen LogP contribution in [-0.4, -0.2) is 16.0 Å². The largest absolute Gasteiger partial charge is 0.461 e. The van der Waals surface area contributed by atoms with Crippen molar-refractivity contribution in [3.8, 4) is 0 Å². The van der Waals surface area contributed by atoms with E-state index >= 15 is 0 Å². The molecule has 18 heavy (non-hydrogen) atoms. The number of halogens is 1. The highest BCUT2D eigenvalue weighted by molar-refractivity contribution is 14.1. The van der Waals surface area contributed by atoms with Crippen LogP contribution in [0.2, 0.25) is 0 Å². The lowest BCUT2D eigenvalue weighted by Gasteiger charge is -2.20. The average Bonchev–Trinajstić information content (AvgIpc) is 2.71. The van der Waals surface area contributed by atoms with Gasteiger partial charge in [0, 0.05) is 9.84 Å². The van der Waals surface area contributed by atoms with Crippen LogP contribution in [0.4, 0.5) is 0 Å². The highest BCUT2D eigenvalue weighted by Crippen LogP contribution is 2.36. The molecular formula is C15H19IO2. The quantitative estimate of drug-likeness (QED) is 0.463. The Morgan fingerprint density at radius 2 is 1.83 bits per heavy atom. The monoisotopic (exact) mass is 358 g/mol. The molecule has 1 aromatic carbocycles. The Bertz CT molecular complexity index is 423. The van der Waals surface area contributed by atoms with Crippen LogP contribution in [0.15, 0.2) is 24.3 Å². The standard InChI is InChI=1S/C15H19IO2/c1-9(2)11-4-6-12(7-5-11)13-8-14(17)18-15(13)10(3)16/h4-7,9-10,13,15H,8H2,1-3H3/t10?,13-,15+/m0/s1. The smallest absolute Gasteiger partial charge is 0.306 e. The summed E-state index contributed by atoms with van der Waals surface area (Å²) in [5, 5.41) is 0. The number of benzene rings is 1. The number of hydrogen-bond donors (Lipinski definition) is 0. The fourth-order valence-corrected chi connectivity index (χ4v) is 3.08. The third-order valence-electron chi connectivity index (χ3n) is 3.53. The van der Waals surface area contributed by atoms with Gasteiger partial charge in [-0.05, 0) is 24.0 Å². The molecule has 1 saturated heterocycles. The first kappa shape index (κ1) is 13.8. The second kappa shape index (κ2) is 5.59. The van der Waals surface area contributed by atoms with Gasteiger partial charge in [0.2, 0.25) is 0 Å². The Kier molecular flexibility index (Phi) is 4.30. The molecule has 98 valence electrons. The minimum absolute atomic E-state index is 0.0167. The Labute approximate surface area is 122 Å². The van der Waals surface area contributed by atoms with Gasteiger partial charge in [-0.25, -0.2) is 0 Å².